The highest BCUT2D eigenvalue weighted by molar-refractivity contribution is 7.91. The molecular weight excluding hydrogens is 256 g/mol. The molecule has 2 rings (SSSR count). The van der Waals surface area contributed by atoms with Crippen molar-refractivity contribution in [3.05, 3.63) is 23.5 Å². The van der Waals surface area contributed by atoms with Gasteiger partial charge in [-0.2, -0.15) is 0 Å². The predicted octanol–water partition coefficient (Wildman–Crippen LogP) is -0.615. The van der Waals surface area contributed by atoms with E-state index in [1.807, 2.05) is 6.92 Å². The number of pyridine rings is 1. The summed E-state index contributed by atoms with van der Waals surface area (Å²) >= 11 is 0. The minimum absolute atomic E-state index is 0.175. The molecule has 100 valence electrons. The summed E-state index contributed by atoms with van der Waals surface area (Å²) < 4.78 is 28.3. The number of rotatable bonds is 3. The van der Waals surface area contributed by atoms with E-state index in [0.717, 1.165) is 5.69 Å². The minimum Gasteiger partial charge on any atom is -0.485 e. The molecule has 1 aliphatic rings. The van der Waals surface area contributed by atoms with Gasteiger partial charge in [0, 0.05) is 12.2 Å². The number of sulfone groups is 1. The van der Waals surface area contributed by atoms with E-state index in [4.69, 9.17) is 10.5 Å². The Hall–Kier alpha value is -1.18. The number of hydrogen-bond donors (Lipinski definition) is 2. The predicted molar refractivity (Wildman–Crippen MR) is 65.9 cm³/mol. The van der Waals surface area contributed by atoms with Gasteiger partial charge < -0.3 is 15.6 Å². The third kappa shape index (κ3) is 2.80. The van der Waals surface area contributed by atoms with Crippen LogP contribution in [0.25, 0.3) is 0 Å². The lowest BCUT2D eigenvalue weighted by atomic mass is 10.2. The zero-order valence-corrected chi connectivity index (χ0v) is 10.9. The fraction of sp³-hybridized carbons (Fsp3) is 0.545. The van der Waals surface area contributed by atoms with Crippen LogP contribution in [0, 0.1) is 6.92 Å². The summed E-state index contributed by atoms with van der Waals surface area (Å²) in [5.74, 6) is 0.00490. The number of nitrogens with two attached hydrogens (primary N) is 1. The van der Waals surface area contributed by atoms with Gasteiger partial charge in [0.2, 0.25) is 0 Å². The molecule has 0 aromatic carbocycles. The fourth-order valence-electron chi connectivity index (χ4n) is 1.92. The van der Waals surface area contributed by atoms with Crippen LogP contribution in [-0.4, -0.2) is 42.2 Å². The van der Waals surface area contributed by atoms with E-state index < -0.39 is 22.0 Å². The summed E-state index contributed by atoms with van der Waals surface area (Å²) in [4.78, 5) is 4.21. The third-order valence-electron chi connectivity index (χ3n) is 2.82. The molecule has 0 amide bonds. The van der Waals surface area contributed by atoms with Gasteiger partial charge in [-0.15, -0.1) is 0 Å². The molecule has 1 aromatic rings. The van der Waals surface area contributed by atoms with E-state index in [0.29, 0.717) is 11.4 Å². The highest BCUT2D eigenvalue weighted by atomic mass is 32.2. The van der Waals surface area contributed by atoms with Gasteiger partial charge in [-0.1, -0.05) is 0 Å². The number of nitrogens with zero attached hydrogens (tertiary/aromatic N) is 1. The Kier molecular flexibility index (Phi) is 3.56. The highest BCUT2D eigenvalue weighted by Crippen LogP contribution is 2.23. The molecule has 18 heavy (non-hydrogen) atoms. The van der Waals surface area contributed by atoms with Crippen LogP contribution in [0.2, 0.25) is 0 Å². The average Bonchev–Trinajstić information content (AvgIpc) is 2.54. The number of ether oxygens (including phenoxy) is 1. The molecule has 2 heterocycles. The van der Waals surface area contributed by atoms with Crippen molar-refractivity contribution in [3.8, 4) is 5.75 Å². The van der Waals surface area contributed by atoms with Crippen molar-refractivity contribution in [2.24, 2.45) is 5.73 Å². The molecular formula is C11H16N2O4S. The van der Waals surface area contributed by atoms with Gasteiger partial charge in [0.1, 0.15) is 18.0 Å². The van der Waals surface area contributed by atoms with E-state index in [9.17, 15) is 13.5 Å². The lowest BCUT2D eigenvalue weighted by Gasteiger charge is -2.17. The first kappa shape index (κ1) is 13.3. The van der Waals surface area contributed by atoms with Crippen LogP contribution in [0.5, 0.6) is 5.75 Å². The van der Waals surface area contributed by atoms with Gasteiger partial charge in [-0.25, -0.2) is 8.42 Å². The second kappa shape index (κ2) is 4.83. The summed E-state index contributed by atoms with van der Waals surface area (Å²) in [5, 5.41) is 9.65. The van der Waals surface area contributed by atoms with Crippen LogP contribution in [0.1, 0.15) is 11.4 Å². The third-order valence-corrected chi connectivity index (χ3v) is 4.50. The zero-order chi connectivity index (χ0) is 13.3. The molecule has 3 N–H and O–H groups in total. The van der Waals surface area contributed by atoms with Crippen LogP contribution in [0.3, 0.4) is 0 Å². The molecule has 1 fully saturated rings. The normalized spacial score (nSPS) is 26.2. The molecule has 0 radical (unpaired) electrons. The Balaban J connectivity index is 2.20. The molecule has 0 saturated carbocycles. The number of aryl methyl sites for hydroxylation is 1. The maximum atomic E-state index is 11.4. The molecule has 0 bridgehead atoms. The molecule has 2 atom stereocenters. The summed E-state index contributed by atoms with van der Waals surface area (Å²) in [6.45, 7) is 2.03. The van der Waals surface area contributed by atoms with Gasteiger partial charge in [0.25, 0.3) is 0 Å². The van der Waals surface area contributed by atoms with Gasteiger partial charge in [-0.05, 0) is 19.1 Å². The molecule has 6 nitrogen and oxygen atoms in total. The lowest BCUT2D eigenvalue weighted by molar-refractivity contribution is 0.0728. The minimum atomic E-state index is -3.22. The summed E-state index contributed by atoms with van der Waals surface area (Å²) in [5.41, 5.74) is 6.93. The van der Waals surface area contributed by atoms with E-state index in [1.165, 1.54) is 0 Å². The second-order valence-corrected chi connectivity index (χ2v) is 6.56. The van der Waals surface area contributed by atoms with E-state index in [2.05, 4.69) is 4.98 Å². The van der Waals surface area contributed by atoms with E-state index in [-0.39, 0.29) is 18.1 Å². The van der Waals surface area contributed by atoms with Crippen molar-refractivity contribution < 1.29 is 18.3 Å². The van der Waals surface area contributed by atoms with Crippen LogP contribution < -0.4 is 10.5 Å². The zero-order valence-electron chi connectivity index (χ0n) is 10.0. The van der Waals surface area contributed by atoms with Crippen molar-refractivity contribution in [2.75, 3.05) is 11.5 Å². The van der Waals surface area contributed by atoms with Gasteiger partial charge in [0.15, 0.2) is 9.84 Å². The smallest absolute Gasteiger partial charge is 0.156 e. The Morgan fingerprint density at radius 2 is 2.22 bits per heavy atom. The first-order chi connectivity index (χ1) is 8.41. The Morgan fingerprint density at radius 1 is 1.50 bits per heavy atom. The van der Waals surface area contributed by atoms with E-state index >= 15 is 0 Å². The van der Waals surface area contributed by atoms with Crippen molar-refractivity contribution in [1.29, 1.82) is 0 Å². The molecule has 1 saturated heterocycles. The Labute approximate surface area is 106 Å². The molecule has 1 aliphatic heterocycles. The van der Waals surface area contributed by atoms with Crippen LogP contribution >= 0.6 is 0 Å². The van der Waals surface area contributed by atoms with Gasteiger partial charge in [0.05, 0.1) is 17.2 Å². The van der Waals surface area contributed by atoms with Crippen molar-refractivity contribution in [2.45, 2.75) is 25.7 Å². The van der Waals surface area contributed by atoms with Crippen molar-refractivity contribution in [1.82, 2.24) is 4.98 Å². The number of aromatic nitrogens is 1. The summed E-state index contributed by atoms with van der Waals surface area (Å²) in [7, 11) is -3.22. The second-order valence-electron chi connectivity index (χ2n) is 4.40. The monoisotopic (exact) mass is 272 g/mol. The van der Waals surface area contributed by atoms with Crippen LogP contribution in [0.4, 0.5) is 0 Å². The summed E-state index contributed by atoms with van der Waals surface area (Å²) in [6, 6.07) is 3.45. The van der Waals surface area contributed by atoms with E-state index in [1.54, 1.807) is 12.1 Å². The standard InChI is InChI=1S/C11H16N2O4S/c1-7-2-3-10(8(4-12)13-7)17-11-6-18(15,16)5-9(11)14/h2-3,9,11,14H,4-6,12H2,1H3. The first-order valence-corrected chi connectivity index (χ1v) is 7.45. The van der Waals surface area contributed by atoms with Crippen molar-refractivity contribution >= 4 is 9.84 Å². The van der Waals surface area contributed by atoms with Crippen LogP contribution in [-0.2, 0) is 16.4 Å². The molecule has 1 aromatic heterocycles. The van der Waals surface area contributed by atoms with Crippen LogP contribution in [0.15, 0.2) is 12.1 Å². The first-order valence-electron chi connectivity index (χ1n) is 5.63. The largest absolute Gasteiger partial charge is 0.485 e. The van der Waals surface area contributed by atoms with Gasteiger partial charge in [-0.3, -0.25) is 4.98 Å². The summed E-state index contributed by atoms with van der Waals surface area (Å²) in [6.07, 6.45) is -1.74. The molecule has 0 aliphatic carbocycles. The quantitative estimate of drug-likeness (QED) is 0.760. The average molecular weight is 272 g/mol. The van der Waals surface area contributed by atoms with Gasteiger partial charge >= 0.3 is 0 Å². The highest BCUT2D eigenvalue weighted by Gasteiger charge is 2.38. The maximum Gasteiger partial charge on any atom is 0.156 e. The van der Waals surface area contributed by atoms with Crippen molar-refractivity contribution in [3.63, 3.8) is 0 Å². The fourth-order valence-corrected chi connectivity index (χ4v) is 3.59. The SMILES string of the molecule is Cc1ccc(OC2CS(=O)(=O)CC2O)c(CN)n1. The number of aliphatic hydroxyl groups is 1. The molecule has 2 unspecified atom stereocenters. The maximum absolute atomic E-state index is 11.4. The number of aliphatic hydroxyl groups excluding tert-OH is 1. The Morgan fingerprint density at radius 3 is 2.78 bits per heavy atom. The molecule has 0 spiro atoms. The Bertz CT molecular complexity index is 544. The number of hydrogen-bond acceptors (Lipinski definition) is 6. The lowest BCUT2D eigenvalue weighted by Crippen LogP contribution is -2.30. The topological polar surface area (TPSA) is 103 Å². The molecule has 7 heteroatoms.